The zero-order chi connectivity index (χ0) is 23.0. The lowest BCUT2D eigenvalue weighted by molar-refractivity contribution is 0.0991. The monoisotopic (exact) mass is 478 g/mol. The second-order valence-corrected chi connectivity index (χ2v) is 10.1. The van der Waals surface area contributed by atoms with E-state index in [1.165, 1.54) is 24.0 Å². The van der Waals surface area contributed by atoms with Gasteiger partial charge >= 0.3 is 0 Å². The zero-order valence-corrected chi connectivity index (χ0v) is 18.8. The maximum absolute atomic E-state index is 15.5. The van der Waals surface area contributed by atoms with Gasteiger partial charge in [0.05, 0.1) is 18.8 Å². The van der Waals surface area contributed by atoms with Crippen LogP contribution in [0.3, 0.4) is 0 Å². The van der Waals surface area contributed by atoms with Gasteiger partial charge < -0.3 is 20.1 Å². The molecule has 0 aliphatic carbocycles. The molecule has 34 heavy (non-hydrogen) atoms. The Kier molecular flexibility index (Phi) is 4.26. The molecule has 6 nitrogen and oxygen atoms in total. The van der Waals surface area contributed by atoms with Crippen molar-refractivity contribution in [1.82, 2.24) is 4.98 Å². The molecule has 5 heterocycles. The van der Waals surface area contributed by atoms with E-state index in [1.807, 2.05) is 12.1 Å². The van der Waals surface area contributed by atoms with Crippen LogP contribution in [0.2, 0.25) is 0 Å². The van der Waals surface area contributed by atoms with E-state index in [1.54, 1.807) is 24.3 Å². The highest BCUT2D eigenvalue weighted by molar-refractivity contribution is 8.14. The third-order valence-corrected chi connectivity index (χ3v) is 8.09. The average molecular weight is 479 g/mol. The summed E-state index contributed by atoms with van der Waals surface area (Å²) >= 11 is 1.42. The van der Waals surface area contributed by atoms with Crippen LogP contribution in [0.4, 0.5) is 14.5 Å². The maximum atomic E-state index is 15.5. The van der Waals surface area contributed by atoms with Crippen molar-refractivity contribution in [2.24, 2.45) is 10.7 Å². The number of hydrogen-bond donors (Lipinski definition) is 1. The first-order valence-corrected chi connectivity index (χ1v) is 12.1. The van der Waals surface area contributed by atoms with E-state index in [-0.39, 0.29) is 17.9 Å². The molecule has 2 saturated heterocycles. The van der Waals surface area contributed by atoms with Gasteiger partial charge in [-0.3, -0.25) is 0 Å². The summed E-state index contributed by atoms with van der Waals surface area (Å²) in [5, 5.41) is 0.427. The molecular formula is C25H20F2N4O2S. The minimum Gasteiger partial charge on any atom is -0.453 e. The van der Waals surface area contributed by atoms with Gasteiger partial charge in [0, 0.05) is 46.9 Å². The Morgan fingerprint density at radius 3 is 2.79 bits per heavy atom. The molecule has 0 unspecified atom stereocenters. The summed E-state index contributed by atoms with van der Waals surface area (Å²) in [4.78, 5) is 10.8. The van der Waals surface area contributed by atoms with Crippen LogP contribution in [-0.2, 0) is 10.3 Å². The van der Waals surface area contributed by atoms with Crippen LogP contribution < -0.4 is 15.4 Å². The SMILES string of the molecule is NC1=N[C@@]2(CS1)c1cc(-c3cccnc3F)ccc1Oc1c(F)cc(N3C[C@@H]4C[C@@H]3CO4)cc12. The van der Waals surface area contributed by atoms with Gasteiger partial charge in [-0.25, -0.2) is 14.4 Å². The standard InChI is InChI=1S/C25H20F2N4O2S/c26-20-9-14(31-10-16-7-15(31)11-32-16)8-19-22(20)33-21-4-3-13(17-2-1-5-29-23(17)27)6-18(21)25(19)12-34-24(28)30-25/h1-6,8-9,15-16H,7,10-12H2,(H2,28,30)/t15-,16+,25+/m1/s1. The van der Waals surface area contributed by atoms with Gasteiger partial charge in [-0.1, -0.05) is 17.8 Å². The Labute approximate surface area is 198 Å². The number of fused-ring (bicyclic) bond motifs is 6. The number of nitrogens with zero attached hydrogens (tertiary/aromatic N) is 3. The third-order valence-electron chi connectivity index (χ3n) is 7.14. The number of thioether (sulfide) groups is 1. The fraction of sp³-hybridized carbons (Fsp3) is 0.280. The van der Waals surface area contributed by atoms with Crippen molar-refractivity contribution in [3.63, 3.8) is 0 Å². The molecule has 2 bridgehead atoms. The van der Waals surface area contributed by atoms with Gasteiger partial charge in [0.2, 0.25) is 5.95 Å². The topological polar surface area (TPSA) is 73.0 Å². The first-order chi connectivity index (χ1) is 16.5. The molecule has 3 atom stereocenters. The first kappa shape index (κ1) is 20.2. The van der Waals surface area contributed by atoms with Crippen LogP contribution in [0.15, 0.2) is 53.7 Å². The van der Waals surface area contributed by atoms with Gasteiger partial charge in [0.25, 0.3) is 0 Å². The molecule has 172 valence electrons. The van der Waals surface area contributed by atoms with E-state index in [0.717, 1.165) is 24.2 Å². The van der Waals surface area contributed by atoms with E-state index < -0.39 is 17.3 Å². The second kappa shape index (κ2) is 7.16. The summed E-state index contributed by atoms with van der Waals surface area (Å²) in [6.45, 7) is 1.38. The minimum absolute atomic E-state index is 0.163. The third kappa shape index (κ3) is 2.83. The van der Waals surface area contributed by atoms with Gasteiger partial charge in [-0.05, 0) is 42.3 Å². The van der Waals surface area contributed by atoms with E-state index in [2.05, 4.69) is 9.88 Å². The number of halogens is 2. The van der Waals surface area contributed by atoms with Crippen molar-refractivity contribution in [1.29, 1.82) is 0 Å². The van der Waals surface area contributed by atoms with Crippen molar-refractivity contribution < 1.29 is 18.3 Å². The van der Waals surface area contributed by atoms with Crippen LogP contribution >= 0.6 is 11.8 Å². The van der Waals surface area contributed by atoms with Crippen molar-refractivity contribution in [2.45, 2.75) is 24.1 Å². The van der Waals surface area contributed by atoms with Gasteiger partial charge in [-0.2, -0.15) is 4.39 Å². The zero-order valence-electron chi connectivity index (χ0n) is 18.0. The molecule has 2 fully saturated rings. The van der Waals surface area contributed by atoms with Crippen molar-refractivity contribution in [3.8, 4) is 22.6 Å². The maximum Gasteiger partial charge on any atom is 0.220 e. The molecule has 2 N–H and O–H groups in total. The molecule has 0 radical (unpaired) electrons. The fourth-order valence-corrected chi connectivity index (χ4v) is 6.50. The van der Waals surface area contributed by atoms with E-state index >= 15 is 4.39 Å². The summed E-state index contributed by atoms with van der Waals surface area (Å²) in [6, 6.07) is 12.5. The van der Waals surface area contributed by atoms with Gasteiger partial charge in [0.15, 0.2) is 16.7 Å². The number of anilines is 1. The van der Waals surface area contributed by atoms with Crippen molar-refractivity contribution in [2.75, 3.05) is 23.8 Å². The largest absolute Gasteiger partial charge is 0.453 e. The molecule has 7 rings (SSSR count). The van der Waals surface area contributed by atoms with Crippen LogP contribution in [0.5, 0.6) is 11.5 Å². The molecule has 3 aromatic rings. The summed E-state index contributed by atoms with van der Waals surface area (Å²) in [5.74, 6) is 0.154. The number of hydrogen-bond acceptors (Lipinski definition) is 7. The first-order valence-electron chi connectivity index (χ1n) is 11.2. The van der Waals surface area contributed by atoms with Crippen LogP contribution in [0.1, 0.15) is 17.5 Å². The number of aliphatic imine (C=N–C) groups is 1. The molecular weight excluding hydrogens is 458 g/mol. The molecule has 9 heteroatoms. The summed E-state index contributed by atoms with van der Waals surface area (Å²) in [6.07, 6.45) is 2.55. The predicted molar refractivity (Wildman–Crippen MR) is 126 cm³/mol. The minimum atomic E-state index is -0.932. The molecule has 2 aromatic carbocycles. The Bertz CT molecular complexity index is 1380. The second-order valence-electron chi connectivity index (χ2n) is 9.06. The normalized spacial score (nSPS) is 26.4. The number of nitrogens with two attached hydrogens (primary N) is 1. The molecule has 4 aliphatic heterocycles. The molecule has 1 aromatic heterocycles. The molecule has 0 amide bonds. The Balaban J connectivity index is 1.41. The molecule has 1 spiro atoms. The van der Waals surface area contributed by atoms with Crippen molar-refractivity contribution >= 4 is 22.6 Å². The van der Waals surface area contributed by atoms with Crippen molar-refractivity contribution in [3.05, 3.63) is 71.6 Å². The highest BCUT2D eigenvalue weighted by Gasteiger charge is 2.48. The smallest absolute Gasteiger partial charge is 0.220 e. The number of morpholine rings is 1. The van der Waals surface area contributed by atoms with E-state index in [4.69, 9.17) is 20.2 Å². The number of amidine groups is 1. The number of ether oxygens (including phenoxy) is 2. The summed E-state index contributed by atoms with van der Waals surface area (Å²) < 4.78 is 41.8. The fourth-order valence-electron chi connectivity index (χ4n) is 5.54. The lowest BCUT2D eigenvalue weighted by atomic mass is 9.80. The number of rotatable bonds is 2. The predicted octanol–water partition coefficient (Wildman–Crippen LogP) is 4.42. The quantitative estimate of drug-likeness (QED) is 0.550. The average Bonchev–Trinajstić information content (AvgIpc) is 3.57. The van der Waals surface area contributed by atoms with Crippen LogP contribution in [-0.4, -0.2) is 41.2 Å². The molecule has 0 saturated carbocycles. The van der Waals surface area contributed by atoms with Gasteiger partial charge in [-0.15, -0.1) is 0 Å². The van der Waals surface area contributed by atoms with E-state index in [0.29, 0.717) is 40.0 Å². The molecule has 4 aliphatic rings. The number of aromatic nitrogens is 1. The Hall–Kier alpha value is -3.17. The number of benzene rings is 2. The van der Waals surface area contributed by atoms with Gasteiger partial charge in [0.1, 0.15) is 11.3 Å². The summed E-state index contributed by atoms with van der Waals surface area (Å²) in [5.41, 5.74) is 8.40. The highest BCUT2D eigenvalue weighted by Crippen LogP contribution is 2.55. The Morgan fingerprint density at radius 1 is 1.15 bits per heavy atom. The Morgan fingerprint density at radius 2 is 2.06 bits per heavy atom. The lowest BCUT2D eigenvalue weighted by Gasteiger charge is -2.37. The summed E-state index contributed by atoms with van der Waals surface area (Å²) in [7, 11) is 0. The van der Waals surface area contributed by atoms with Crippen LogP contribution in [0.25, 0.3) is 11.1 Å². The number of pyridine rings is 1. The highest BCUT2D eigenvalue weighted by atomic mass is 32.2. The van der Waals surface area contributed by atoms with E-state index in [9.17, 15) is 4.39 Å². The van der Waals surface area contributed by atoms with Crippen LogP contribution in [0, 0.1) is 11.8 Å². The lowest BCUT2D eigenvalue weighted by Crippen LogP contribution is -2.37.